The number of carbonyl (C=O) groups excluding carboxylic acids is 1. The Kier molecular flexibility index (Phi) is 7.72. The second-order valence-electron chi connectivity index (χ2n) is 7.27. The second kappa shape index (κ2) is 11.1. The Labute approximate surface area is 207 Å². The molecule has 3 aromatic carbocycles. The summed E-state index contributed by atoms with van der Waals surface area (Å²) < 4.78 is 13.3. The van der Waals surface area contributed by atoms with Crippen LogP contribution in [-0.2, 0) is 4.79 Å². The number of hydrogen-bond donors (Lipinski definition) is 1. The maximum atomic E-state index is 12.7. The predicted molar refractivity (Wildman–Crippen MR) is 134 cm³/mol. The standard InChI is InChI=1S/C25H23ClN4O3S/c1-17(33-20-11-7-4-8-12-20)24-28-29-25(30(24)19-9-5-3-6-10-19)34-16-23(31)27-21-15-18(26)13-14-22(21)32-2/h3-15,17H,16H2,1-2H3,(H,27,31)/t17-/m1/s1. The minimum atomic E-state index is -0.367. The Bertz CT molecular complexity index is 1250. The number of para-hydroxylation sites is 2. The Morgan fingerprint density at radius 2 is 1.76 bits per heavy atom. The molecule has 1 heterocycles. The van der Waals surface area contributed by atoms with Crippen LogP contribution >= 0.6 is 23.4 Å². The number of benzene rings is 3. The van der Waals surface area contributed by atoms with Crippen molar-refractivity contribution in [3.05, 3.63) is 89.7 Å². The molecule has 0 radical (unpaired) electrons. The lowest BCUT2D eigenvalue weighted by Gasteiger charge is -2.16. The van der Waals surface area contributed by atoms with Crippen molar-refractivity contribution in [3.63, 3.8) is 0 Å². The fourth-order valence-electron chi connectivity index (χ4n) is 3.31. The molecular formula is C25H23ClN4O3S. The summed E-state index contributed by atoms with van der Waals surface area (Å²) in [7, 11) is 1.54. The van der Waals surface area contributed by atoms with Crippen molar-refractivity contribution in [1.29, 1.82) is 0 Å². The zero-order valence-electron chi connectivity index (χ0n) is 18.6. The Morgan fingerprint density at radius 3 is 2.47 bits per heavy atom. The van der Waals surface area contributed by atoms with Gasteiger partial charge in [-0.15, -0.1) is 10.2 Å². The molecule has 1 atom stereocenters. The summed E-state index contributed by atoms with van der Waals surface area (Å²) in [5, 5.41) is 12.7. The van der Waals surface area contributed by atoms with Crippen LogP contribution in [0.25, 0.3) is 5.69 Å². The first-order valence-corrected chi connectivity index (χ1v) is 11.9. The average Bonchev–Trinajstić information content (AvgIpc) is 3.28. The number of ether oxygens (including phenoxy) is 2. The summed E-state index contributed by atoms with van der Waals surface area (Å²) in [6, 6.07) is 24.3. The summed E-state index contributed by atoms with van der Waals surface area (Å²) in [5.74, 6) is 1.80. The lowest BCUT2D eigenvalue weighted by atomic mass is 10.3. The number of methoxy groups -OCH3 is 1. The number of aromatic nitrogens is 3. The first kappa shape index (κ1) is 23.7. The maximum Gasteiger partial charge on any atom is 0.234 e. The van der Waals surface area contributed by atoms with E-state index in [-0.39, 0.29) is 17.8 Å². The molecule has 0 spiro atoms. The molecule has 0 saturated carbocycles. The number of anilines is 1. The van der Waals surface area contributed by atoms with E-state index in [2.05, 4.69) is 15.5 Å². The van der Waals surface area contributed by atoms with E-state index in [1.165, 1.54) is 18.9 Å². The van der Waals surface area contributed by atoms with Crippen LogP contribution in [0.4, 0.5) is 5.69 Å². The molecule has 0 aliphatic carbocycles. The minimum Gasteiger partial charge on any atom is -0.495 e. The van der Waals surface area contributed by atoms with Crippen LogP contribution < -0.4 is 14.8 Å². The van der Waals surface area contributed by atoms with Gasteiger partial charge in [-0.05, 0) is 49.4 Å². The quantitative estimate of drug-likeness (QED) is 0.296. The Hall–Kier alpha value is -3.49. The van der Waals surface area contributed by atoms with Gasteiger partial charge in [0, 0.05) is 10.7 Å². The molecule has 0 aliphatic rings. The first-order chi connectivity index (χ1) is 16.5. The van der Waals surface area contributed by atoms with Gasteiger partial charge in [-0.2, -0.15) is 0 Å². The third-order valence-corrected chi connectivity index (χ3v) is 6.02. The highest BCUT2D eigenvalue weighted by Crippen LogP contribution is 2.30. The van der Waals surface area contributed by atoms with E-state index in [0.717, 1.165) is 11.4 Å². The zero-order valence-corrected chi connectivity index (χ0v) is 20.2. The summed E-state index contributed by atoms with van der Waals surface area (Å²) in [6.07, 6.45) is -0.367. The van der Waals surface area contributed by atoms with Crippen molar-refractivity contribution in [2.24, 2.45) is 0 Å². The van der Waals surface area contributed by atoms with E-state index in [4.69, 9.17) is 21.1 Å². The molecule has 4 aromatic rings. The van der Waals surface area contributed by atoms with Gasteiger partial charge in [0.2, 0.25) is 5.91 Å². The van der Waals surface area contributed by atoms with Crippen molar-refractivity contribution < 1.29 is 14.3 Å². The molecular weight excluding hydrogens is 472 g/mol. The molecule has 0 aliphatic heterocycles. The van der Waals surface area contributed by atoms with Crippen LogP contribution in [0, 0.1) is 0 Å². The number of hydrogen-bond acceptors (Lipinski definition) is 6. The van der Waals surface area contributed by atoms with E-state index in [1.807, 2.05) is 72.2 Å². The number of nitrogens with one attached hydrogen (secondary N) is 1. The van der Waals surface area contributed by atoms with E-state index < -0.39 is 0 Å². The van der Waals surface area contributed by atoms with Crippen LogP contribution in [0.1, 0.15) is 18.9 Å². The molecule has 1 N–H and O–H groups in total. The van der Waals surface area contributed by atoms with Gasteiger partial charge in [0.15, 0.2) is 17.1 Å². The molecule has 0 bridgehead atoms. The van der Waals surface area contributed by atoms with Gasteiger partial charge < -0.3 is 14.8 Å². The Morgan fingerprint density at radius 1 is 1.06 bits per heavy atom. The largest absolute Gasteiger partial charge is 0.495 e. The Balaban J connectivity index is 1.54. The lowest BCUT2D eigenvalue weighted by Crippen LogP contribution is -2.16. The smallest absolute Gasteiger partial charge is 0.234 e. The van der Waals surface area contributed by atoms with Gasteiger partial charge >= 0.3 is 0 Å². The normalized spacial score (nSPS) is 11.6. The fraction of sp³-hybridized carbons (Fsp3) is 0.160. The van der Waals surface area contributed by atoms with Gasteiger partial charge in [0.1, 0.15) is 11.5 Å². The van der Waals surface area contributed by atoms with E-state index >= 15 is 0 Å². The van der Waals surface area contributed by atoms with Gasteiger partial charge in [-0.1, -0.05) is 59.8 Å². The molecule has 34 heavy (non-hydrogen) atoms. The molecule has 4 rings (SSSR count). The summed E-state index contributed by atoms with van der Waals surface area (Å²) in [6.45, 7) is 1.92. The summed E-state index contributed by atoms with van der Waals surface area (Å²) in [5.41, 5.74) is 1.39. The maximum absolute atomic E-state index is 12.7. The molecule has 0 unspecified atom stereocenters. The van der Waals surface area contributed by atoms with E-state index in [9.17, 15) is 4.79 Å². The number of thioether (sulfide) groups is 1. The summed E-state index contributed by atoms with van der Waals surface area (Å²) in [4.78, 5) is 12.7. The van der Waals surface area contributed by atoms with Gasteiger partial charge in [-0.3, -0.25) is 9.36 Å². The highest BCUT2D eigenvalue weighted by Gasteiger charge is 2.22. The average molecular weight is 495 g/mol. The topological polar surface area (TPSA) is 78.3 Å². The molecule has 1 aromatic heterocycles. The van der Waals surface area contributed by atoms with Crippen molar-refractivity contribution in [2.45, 2.75) is 18.2 Å². The second-order valence-corrected chi connectivity index (χ2v) is 8.65. The molecule has 7 nitrogen and oxygen atoms in total. The van der Waals surface area contributed by atoms with Crippen LogP contribution in [0.3, 0.4) is 0 Å². The SMILES string of the molecule is COc1ccc(Cl)cc1NC(=O)CSc1nnc([C@@H](C)Oc2ccccc2)n1-c1ccccc1. The molecule has 9 heteroatoms. The highest BCUT2D eigenvalue weighted by molar-refractivity contribution is 7.99. The first-order valence-electron chi connectivity index (χ1n) is 10.5. The van der Waals surface area contributed by atoms with E-state index in [0.29, 0.717) is 27.4 Å². The van der Waals surface area contributed by atoms with Crippen molar-refractivity contribution in [3.8, 4) is 17.2 Å². The minimum absolute atomic E-state index is 0.120. The lowest BCUT2D eigenvalue weighted by molar-refractivity contribution is -0.113. The van der Waals surface area contributed by atoms with Crippen LogP contribution in [0.5, 0.6) is 11.5 Å². The molecule has 0 saturated heterocycles. The van der Waals surface area contributed by atoms with Crippen molar-refractivity contribution >= 4 is 35.0 Å². The van der Waals surface area contributed by atoms with Crippen LogP contribution in [0.15, 0.2) is 84.0 Å². The van der Waals surface area contributed by atoms with Gasteiger partial charge in [-0.25, -0.2) is 0 Å². The fourth-order valence-corrected chi connectivity index (χ4v) is 4.24. The number of rotatable bonds is 9. The third-order valence-electron chi connectivity index (χ3n) is 4.86. The zero-order chi connectivity index (χ0) is 23.9. The van der Waals surface area contributed by atoms with Crippen molar-refractivity contribution in [2.75, 3.05) is 18.2 Å². The van der Waals surface area contributed by atoms with Gasteiger partial charge in [0.05, 0.1) is 18.6 Å². The van der Waals surface area contributed by atoms with E-state index in [1.54, 1.807) is 18.2 Å². The monoisotopic (exact) mass is 494 g/mol. The predicted octanol–water partition coefficient (Wildman–Crippen LogP) is 5.80. The summed E-state index contributed by atoms with van der Waals surface area (Å²) >= 11 is 7.34. The highest BCUT2D eigenvalue weighted by atomic mass is 35.5. The van der Waals surface area contributed by atoms with Crippen molar-refractivity contribution in [1.82, 2.24) is 14.8 Å². The van der Waals surface area contributed by atoms with Gasteiger partial charge in [0.25, 0.3) is 0 Å². The molecule has 1 amide bonds. The number of amides is 1. The van der Waals surface area contributed by atoms with Crippen LogP contribution in [0.2, 0.25) is 5.02 Å². The van der Waals surface area contributed by atoms with Crippen LogP contribution in [-0.4, -0.2) is 33.5 Å². The number of carbonyl (C=O) groups is 1. The third kappa shape index (κ3) is 5.70. The number of halogens is 1. The number of nitrogens with zero attached hydrogens (tertiary/aromatic N) is 3. The molecule has 0 fully saturated rings. The molecule has 174 valence electrons.